The predicted octanol–water partition coefficient (Wildman–Crippen LogP) is 2.81. The zero-order valence-electron chi connectivity index (χ0n) is 10.3. The Morgan fingerprint density at radius 2 is 2.00 bits per heavy atom. The number of amides is 2. The zero-order valence-corrected chi connectivity index (χ0v) is 10.3. The van der Waals surface area contributed by atoms with Crippen LogP contribution in [0.1, 0.15) is 6.92 Å². The summed E-state index contributed by atoms with van der Waals surface area (Å²) < 4.78 is 29.4. The number of ether oxygens (including phenoxy) is 1. The van der Waals surface area contributed by atoms with Gasteiger partial charge in [-0.05, 0) is 31.2 Å². The molecule has 0 aliphatic rings. The first-order valence-electron chi connectivity index (χ1n) is 5.55. The van der Waals surface area contributed by atoms with Gasteiger partial charge in [0, 0.05) is 12.2 Å². The van der Waals surface area contributed by atoms with Crippen LogP contribution in [0.3, 0.4) is 0 Å². The van der Waals surface area contributed by atoms with E-state index in [1.807, 2.05) is 0 Å². The number of urea groups is 1. The van der Waals surface area contributed by atoms with E-state index in [1.54, 1.807) is 31.2 Å². The maximum atomic E-state index is 12.2. The van der Waals surface area contributed by atoms with E-state index >= 15 is 0 Å². The third-order valence-corrected chi connectivity index (χ3v) is 2.37. The van der Waals surface area contributed by atoms with Gasteiger partial charge in [0.1, 0.15) is 5.75 Å². The topological polar surface area (TPSA) is 41.6 Å². The van der Waals surface area contributed by atoms with Crippen molar-refractivity contribution in [3.05, 3.63) is 24.3 Å². The molecule has 0 fully saturated rings. The molecular weight excluding hydrogens is 242 g/mol. The van der Waals surface area contributed by atoms with Crippen molar-refractivity contribution in [3.8, 4) is 5.75 Å². The van der Waals surface area contributed by atoms with Crippen LogP contribution >= 0.6 is 0 Å². The third kappa shape index (κ3) is 4.20. The Morgan fingerprint density at radius 1 is 1.39 bits per heavy atom. The summed E-state index contributed by atoms with van der Waals surface area (Å²) in [5.41, 5.74) is 0.536. The molecule has 100 valence electrons. The molecule has 0 atom stereocenters. The third-order valence-electron chi connectivity index (χ3n) is 2.37. The van der Waals surface area contributed by atoms with Gasteiger partial charge in [-0.2, -0.15) is 0 Å². The number of carbonyl (C=O) groups excluding carboxylic acids is 1. The lowest BCUT2D eigenvalue weighted by molar-refractivity contribution is 0.104. The van der Waals surface area contributed by atoms with E-state index in [9.17, 15) is 13.6 Å². The Morgan fingerprint density at radius 3 is 2.44 bits per heavy atom. The lowest BCUT2D eigenvalue weighted by Crippen LogP contribution is -2.38. The van der Waals surface area contributed by atoms with E-state index < -0.39 is 19.0 Å². The van der Waals surface area contributed by atoms with E-state index in [1.165, 1.54) is 7.11 Å². The van der Waals surface area contributed by atoms with Crippen LogP contribution in [0, 0.1) is 0 Å². The van der Waals surface area contributed by atoms with Crippen molar-refractivity contribution in [3.63, 3.8) is 0 Å². The summed E-state index contributed by atoms with van der Waals surface area (Å²) in [6.07, 6.45) is -2.54. The first-order chi connectivity index (χ1) is 8.56. The van der Waals surface area contributed by atoms with Crippen molar-refractivity contribution in [1.29, 1.82) is 0 Å². The minimum atomic E-state index is -2.54. The van der Waals surface area contributed by atoms with Crippen molar-refractivity contribution in [2.45, 2.75) is 13.3 Å². The number of alkyl halides is 2. The highest BCUT2D eigenvalue weighted by molar-refractivity contribution is 5.89. The Bertz CT molecular complexity index is 382. The van der Waals surface area contributed by atoms with Gasteiger partial charge in [0.25, 0.3) is 6.43 Å². The fraction of sp³-hybridized carbons (Fsp3) is 0.417. The van der Waals surface area contributed by atoms with Gasteiger partial charge in [0.15, 0.2) is 0 Å². The first kappa shape index (κ1) is 14.2. The van der Waals surface area contributed by atoms with Gasteiger partial charge in [-0.25, -0.2) is 13.6 Å². The molecule has 18 heavy (non-hydrogen) atoms. The Hall–Kier alpha value is -1.85. The van der Waals surface area contributed by atoms with E-state index in [-0.39, 0.29) is 6.54 Å². The van der Waals surface area contributed by atoms with E-state index in [4.69, 9.17) is 4.74 Å². The summed E-state index contributed by atoms with van der Waals surface area (Å²) in [6.45, 7) is 1.31. The van der Waals surface area contributed by atoms with Crippen molar-refractivity contribution < 1.29 is 18.3 Å². The van der Waals surface area contributed by atoms with E-state index in [2.05, 4.69) is 5.32 Å². The van der Waals surface area contributed by atoms with Crippen LogP contribution in [0.4, 0.5) is 19.3 Å². The zero-order chi connectivity index (χ0) is 13.5. The van der Waals surface area contributed by atoms with Crippen LogP contribution in [-0.2, 0) is 0 Å². The molecule has 0 bridgehead atoms. The number of hydrogen-bond donors (Lipinski definition) is 1. The van der Waals surface area contributed by atoms with E-state index in [0.29, 0.717) is 11.4 Å². The molecule has 4 nitrogen and oxygen atoms in total. The minimum Gasteiger partial charge on any atom is -0.497 e. The summed E-state index contributed by atoms with van der Waals surface area (Å²) in [7, 11) is 1.54. The maximum Gasteiger partial charge on any atom is 0.322 e. The largest absolute Gasteiger partial charge is 0.497 e. The van der Waals surface area contributed by atoms with Crippen LogP contribution < -0.4 is 10.1 Å². The predicted molar refractivity (Wildman–Crippen MR) is 65.3 cm³/mol. The molecule has 0 saturated heterocycles. The fourth-order valence-corrected chi connectivity index (χ4v) is 1.40. The Kier molecular flexibility index (Phi) is 5.35. The first-order valence-corrected chi connectivity index (χ1v) is 5.55. The molecule has 0 heterocycles. The van der Waals surface area contributed by atoms with Gasteiger partial charge >= 0.3 is 6.03 Å². The lowest BCUT2D eigenvalue weighted by atomic mass is 10.3. The maximum absolute atomic E-state index is 12.2. The fourth-order valence-electron chi connectivity index (χ4n) is 1.40. The second kappa shape index (κ2) is 6.78. The van der Waals surface area contributed by atoms with Crippen LogP contribution in [0.15, 0.2) is 24.3 Å². The molecule has 0 saturated carbocycles. The van der Waals surface area contributed by atoms with Crippen molar-refractivity contribution >= 4 is 11.7 Å². The number of hydrogen-bond acceptors (Lipinski definition) is 2. The highest BCUT2D eigenvalue weighted by Gasteiger charge is 2.16. The van der Waals surface area contributed by atoms with Crippen molar-refractivity contribution in [1.82, 2.24) is 4.90 Å². The SMILES string of the molecule is CCN(CC(F)F)C(=O)Nc1ccc(OC)cc1. The second-order valence-electron chi connectivity index (χ2n) is 3.59. The number of anilines is 1. The molecule has 0 unspecified atom stereocenters. The summed E-state index contributed by atoms with van der Waals surface area (Å²) in [4.78, 5) is 12.7. The molecule has 0 aromatic heterocycles. The quantitative estimate of drug-likeness (QED) is 0.882. The number of halogens is 2. The van der Waals surface area contributed by atoms with Crippen LogP contribution in [-0.4, -0.2) is 37.6 Å². The molecular formula is C12H16F2N2O2. The normalized spacial score (nSPS) is 10.3. The smallest absolute Gasteiger partial charge is 0.322 e. The van der Waals surface area contributed by atoms with E-state index in [0.717, 1.165) is 4.90 Å². The average molecular weight is 258 g/mol. The molecule has 0 aliphatic carbocycles. The van der Waals surface area contributed by atoms with Crippen LogP contribution in [0.2, 0.25) is 0 Å². The number of rotatable bonds is 5. The summed E-state index contributed by atoms with van der Waals surface area (Å²) in [5.74, 6) is 0.660. The molecule has 1 rings (SSSR count). The monoisotopic (exact) mass is 258 g/mol. The summed E-state index contributed by atoms with van der Waals surface area (Å²) in [5, 5.41) is 2.55. The molecule has 1 N–H and O–H groups in total. The number of nitrogens with zero attached hydrogens (tertiary/aromatic N) is 1. The van der Waals surface area contributed by atoms with Crippen molar-refractivity contribution in [2.24, 2.45) is 0 Å². The summed E-state index contributed by atoms with van der Waals surface area (Å²) >= 11 is 0. The van der Waals surface area contributed by atoms with Gasteiger partial charge in [0.05, 0.1) is 13.7 Å². The average Bonchev–Trinajstić information content (AvgIpc) is 2.36. The molecule has 1 aromatic rings. The van der Waals surface area contributed by atoms with Gasteiger partial charge < -0.3 is 15.0 Å². The number of benzene rings is 1. The van der Waals surface area contributed by atoms with Gasteiger partial charge in [0.2, 0.25) is 0 Å². The van der Waals surface area contributed by atoms with Crippen LogP contribution in [0.25, 0.3) is 0 Å². The highest BCUT2D eigenvalue weighted by Crippen LogP contribution is 2.15. The molecule has 0 aliphatic heterocycles. The Balaban J connectivity index is 2.61. The number of methoxy groups -OCH3 is 1. The minimum absolute atomic E-state index is 0.229. The molecule has 2 amide bonds. The van der Waals surface area contributed by atoms with Gasteiger partial charge in [-0.3, -0.25) is 0 Å². The Labute approximate surface area is 105 Å². The standard InChI is InChI=1S/C12H16F2N2O2/c1-3-16(8-11(13)14)12(17)15-9-4-6-10(18-2)7-5-9/h4-7,11H,3,8H2,1-2H3,(H,15,17). The molecule has 6 heteroatoms. The van der Waals surface area contributed by atoms with Crippen molar-refractivity contribution in [2.75, 3.05) is 25.5 Å². The molecule has 0 radical (unpaired) electrons. The molecule has 0 spiro atoms. The van der Waals surface area contributed by atoms with Crippen LogP contribution in [0.5, 0.6) is 5.75 Å². The number of carbonyl (C=O) groups is 1. The summed E-state index contributed by atoms with van der Waals surface area (Å²) in [6, 6.07) is 6.11. The highest BCUT2D eigenvalue weighted by atomic mass is 19.3. The molecule has 1 aromatic carbocycles. The number of nitrogens with one attached hydrogen (secondary N) is 1. The van der Waals surface area contributed by atoms with Gasteiger partial charge in [-0.1, -0.05) is 0 Å². The second-order valence-corrected chi connectivity index (χ2v) is 3.59. The lowest BCUT2D eigenvalue weighted by Gasteiger charge is -2.20. The van der Waals surface area contributed by atoms with Gasteiger partial charge in [-0.15, -0.1) is 0 Å².